The van der Waals surface area contributed by atoms with Gasteiger partial charge in [0.25, 0.3) is 0 Å². The summed E-state index contributed by atoms with van der Waals surface area (Å²) in [7, 11) is 0. The summed E-state index contributed by atoms with van der Waals surface area (Å²) in [5, 5.41) is 8.24. The zero-order chi connectivity index (χ0) is 15.1. The van der Waals surface area contributed by atoms with Gasteiger partial charge in [0.05, 0.1) is 10.6 Å². The van der Waals surface area contributed by atoms with E-state index in [1.54, 1.807) is 11.5 Å². The van der Waals surface area contributed by atoms with Gasteiger partial charge in [0, 0.05) is 6.04 Å². The minimum Gasteiger partial charge on any atom is -0.309 e. The summed E-state index contributed by atoms with van der Waals surface area (Å²) in [6.07, 6.45) is 10.3. The van der Waals surface area contributed by atoms with E-state index in [2.05, 4.69) is 35.7 Å². The maximum Gasteiger partial charge on any atom is 0.0803 e. The van der Waals surface area contributed by atoms with Gasteiger partial charge in [-0.05, 0) is 49.2 Å². The van der Waals surface area contributed by atoms with Gasteiger partial charge >= 0.3 is 0 Å². The van der Waals surface area contributed by atoms with Crippen LogP contribution in [0, 0.1) is 11.8 Å². The molecule has 1 N–H and O–H groups in total. The van der Waals surface area contributed by atoms with E-state index in [1.807, 2.05) is 0 Å². The van der Waals surface area contributed by atoms with Crippen LogP contribution in [0.5, 0.6) is 0 Å². The lowest BCUT2D eigenvalue weighted by Gasteiger charge is -2.37. The summed E-state index contributed by atoms with van der Waals surface area (Å²) in [5.74, 6) is 1.64. The van der Waals surface area contributed by atoms with Crippen LogP contribution in [0.1, 0.15) is 82.3 Å². The first-order chi connectivity index (χ1) is 10.3. The Hall–Kier alpha value is -0.480. The Morgan fingerprint density at radius 1 is 1.19 bits per heavy atom. The Morgan fingerprint density at radius 3 is 2.71 bits per heavy atom. The highest BCUT2D eigenvalue weighted by molar-refractivity contribution is 7.05. The average molecular weight is 310 g/mol. The molecular weight excluding hydrogens is 278 g/mol. The van der Waals surface area contributed by atoms with Gasteiger partial charge in [-0.25, -0.2) is 0 Å². The third kappa shape index (κ3) is 4.26. The number of hydrogen-bond acceptors (Lipinski definition) is 4. The van der Waals surface area contributed by atoms with E-state index < -0.39 is 0 Å². The molecule has 1 aliphatic rings. The second-order valence-corrected chi connectivity index (χ2v) is 7.17. The van der Waals surface area contributed by atoms with Crippen molar-refractivity contribution in [1.82, 2.24) is 14.9 Å². The van der Waals surface area contributed by atoms with Gasteiger partial charge in [0.15, 0.2) is 0 Å². The third-order valence-corrected chi connectivity index (χ3v) is 5.74. The minimum absolute atomic E-state index is 0.483. The zero-order valence-electron chi connectivity index (χ0n) is 13.9. The normalized spacial score (nSPS) is 24.1. The molecule has 21 heavy (non-hydrogen) atoms. The molecule has 120 valence electrons. The van der Waals surface area contributed by atoms with Crippen molar-refractivity contribution in [3.63, 3.8) is 0 Å². The first kappa shape index (κ1) is 16.9. The maximum absolute atomic E-state index is 4.41. The summed E-state index contributed by atoms with van der Waals surface area (Å²) in [4.78, 5) is 1.43. The Labute approximate surface area is 134 Å². The third-order valence-electron chi connectivity index (χ3n) is 4.89. The fraction of sp³-hybridized carbons (Fsp3) is 0.882. The van der Waals surface area contributed by atoms with Crippen molar-refractivity contribution in [2.75, 3.05) is 6.54 Å². The number of nitrogens with one attached hydrogen (secondary N) is 1. The van der Waals surface area contributed by atoms with Crippen LogP contribution in [0.2, 0.25) is 0 Å². The molecule has 1 heterocycles. The number of aryl methyl sites for hydroxylation is 1. The Balaban J connectivity index is 2.21. The van der Waals surface area contributed by atoms with Crippen LogP contribution in [0.15, 0.2) is 0 Å². The second kappa shape index (κ2) is 8.84. The molecule has 1 aliphatic carbocycles. The maximum atomic E-state index is 4.41. The average Bonchev–Trinajstić information content (AvgIpc) is 2.97. The molecule has 1 aromatic heterocycles. The molecule has 0 radical (unpaired) electrons. The lowest BCUT2D eigenvalue weighted by atomic mass is 9.73. The molecule has 1 aromatic rings. The summed E-state index contributed by atoms with van der Waals surface area (Å²) < 4.78 is 4.27. The van der Waals surface area contributed by atoms with Gasteiger partial charge in [-0.15, -0.1) is 5.10 Å². The number of aromatic nitrogens is 2. The van der Waals surface area contributed by atoms with E-state index in [9.17, 15) is 0 Å². The first-order valence-corrected chi connectivity index (χ1v) is 9.63. The Bertz CT molecular complexity index is 404. The Morgan fingerprint density at radius 2 is 2.00 bits per heavy atom. The van der Waals surface area contributed by atoms with Gasteiger partial charge in [-0.2, -0.15) is 0 Å². The van der Waals surface area contributed by atoms with E-state index >= 15 is 0 Å². The molecule has 1 fully saturated rings. The molecule has 3 atom stereocenters. The van der Waals surface area contributed by atoms with Gasteiger partial charge in [-0.1, -0.05) is 57.4 Å². The fourth-order valence-corrected chi connectivity index (χ4v) is 4.63. The fourth-order valence-electron chi connectivity index (χ4n) is 3.78. The lowest BCUT2D eigenvalue weighted by Crippen LogP contribution is -2.35. The molecule has 4 heteroatoms. The van der Waals surface area contributed by atoms with E-state index in [4.69, 9.17) is 0 Å². The van der Waals surface area contributed by atoms with Gasteiger partial charge < -0.3 is 5.32 Å². The molecule has 1 saturated carbocycles. The predicted molar refractivity (Wildman–Crippen MR) is 90.7 cm³/mol. The van der Waals surface area contributed by atoms with Crippen LogP contribution < -0.4 is 5.32 Å². The zero-order valence-corrected chi connectivity index (χ0v) is 14.7. The molecule has 0 bridgehead atoms. The highest BCUT2D eigenvalue weighted by atomic mass is 32.1. The standard InChI is InChI=1S/C17H31N3S/c1-4-9-15-17(21-20-19-15)16(18-12-5-2)14-11-8-7-10-13(14)6-3/h13-14,16,18H,4-12H2,1-3H3. The van der Waals surface area contributed by atoms with Gasteiger partial charge in [0.2, 0.25) is 0 Å². The second-order valence-electron chi connectivity index (χ2n) is 6.38. The van der Waals surface area contributed by atoms with E-state index in [0.717, 1.165) is 31.2 Å². The van der Waals surface area contributed by atoms with E-state index in [1.165, 1.54) is 49.1 Å². The topological polar surface area (TPSA) is 37.8 Å². The van der Waals surface area contributed by atoms with Crippen molar-refractivity contribution < 1.29 is 0 Å². The van der Waals surface area contributed by atoms with Crippen molar-refractivity contribution >= 4 is 11.5 Å². The molecule has 3 nitrogen and oxygen atoms in total. The molecule has 0 aromatic carbocycles. The molecular formula is C17H31N3S. The molecule has 3 unspecified atom stereocenters. The molecule has 0 saturated heterocycles. The molecule has 0 aliphatic heterocycles. The van der Waals surface area contributed by atoms with Gasteiger partial charge in [-0.3, -0.25) is 0 Å². The smallest absolute Gasteiger partial charge is 0.0803 e. The van der Waals surface area contributed by atoms with Crippen molar-refractivity contribution in [1.29, 1.82) is 0 Å². The van der Waals surface area contributed by atoms with Crippen LogP contribution in [-0.4, -0.2) is 16.1 Å². The van der Waals surface area contributed by atoms with Crippen LogP contribution in [0.3, 0.4) is 0 Å². The number of nitrogens with zero attached hydrogens (tertiary/aromatic N) is 2. The molecule has 0 spiro atoms. The summed E-state index contributed by atoms with van der Waals surface area (Å²) in [6, 6.07) is 0.483. The van der Waals surface area contributed by atoms with Crippen molar-refractivity contribution in [2.45, 2.75) is 78.2 Å². The van der Waals surface area contributed by atoms with E-state index in [-0.39, 0.29) is 0 Å². The van der Waals surface area contributed by atoms with Crippen molar-refractivity contribution in [2.24, 2.45) is 11.8 Å². The summed E-state index contributed by atoms with van der Waals surface area (Å²) in [6.45, 7) is 7.94. The lowest BCUT2D eigenvalue weighted by molar-refractivity contribution is 0.176. The quantitative estimate of drug-likeness (QED) is 0.753. The highest BCUT2D eigenvalue weighted by Crippen LogP contribution is 2.41. The van der Waals surface area contributed by atoms with Crippen LogP contribution in [0.25, 0.3) is 0 Å². The van der Waals surface area contributed by atoms with E-state index in [0.29, 0.717) is 6.04 Å². The number of rotatable bonds is 8. The highest BCUT2D eigenvalue weighted by Gasteiger charge is 2.33. The molecule has 0 amide bonds. The van der Waals surface area contributed by atoms with Crippen LogP contribution in [0.4, 0.5) is 0 Å². The van der Waals surface area contributed by atoms with Crippen LogP contribution in [-0.2, 0) is 6.42 Å². The van der Waals surface area contributed by atoms with Crippen molar-refractivity contribution in [3.05, 3.63) is 10.6 Å². The monoisotopic (exact) mass is 309 g/mol. The van der Waals surface area contributed by atoms with Crippen LogP contribution >= 0.6 is 11.5 Å². The largest absolute Gasteiger partial charge is 0.309 e. The summed E-state index contributed by atoms with van der Waals surface area (Å²) >= 11 is 1.63. The SMILES string of the molecule is CCCNC(c1snnc1CCC)C1CCCCC1CC. The molecule has 2 rings (SSSR count). The first-order valence-electron chi connectivity index (χ1n) is 8.86. The van der Waals surface area contributed by atoms with Gasteiger partial charge in [0.1, 0.15) is 0 Å². The van der Waals surface area contributed by atoms with Crippen molar-refractivity contribution in [3.8, 4) is 0 Å². The Kier molecular flexibility index (Phi) is 7.11. The minimum atomic E-state index is 0.483. The number of hydrogen-bond donors (Lipinski definition) is 1. The summed E-state index contributed by atoms with van der Waals surface area (Å²) in [5.41, 5.74) is 1.25. The predicted octanol–water partition coefficient (Wildman–Crippen LogP) is 4.75.